The Morgan fingerprint density at radius 1 is 1.00 bits per heavy atom. The number of hydrogen-bond donors (Lipinski definition) is 0. The molecule has 0 amide bonds. The lowest BCUT2D eigenvalue weighted by Crippen LogP contribution is -1.93. The van der Waals surface area contributed by atoms with Gasteiger partial charge in [0.05, 0.1) is 0 Å². The van der Waals surface area contributed by atoms with Crippen LogP contribution in [0.2, 0.25) is 0 Å². The van der Waals surface area contributed by atoms with E-state index in [0.717, 1.165) is 0 Å². The minimum atomic E-state index is 0.638. The maximum Gasteiger partial charge on any atom is -0.0219 e. The van der Waals surface area contributed by atoms with Crippen molar-refractivity contribution in [1.82, 2.24) is 0 Å². The predicted octanol–water partition coefficient (Wildman–Crippen LogP) is 4.77. The van der Waals surface area contributed by atoms with E-state index < -0.39 is 0 Å². The first-order valence-electron chi connectivity index (χ1n) is 6.07. The van der Waals surface area contributed by atoms with Crippen molar-refractivity contribution in [2.75, 3.05) is 0 Å². The summed E-state index contributed by atoms with van der Waals surface area (Å²) in [5.74, 6) is 0.638. The molecule has 0 aromatic heterocycles. The van der Waals surface area contributed by atoms with Crippen molar-refractivity contribution in [2.24, 2.45) is 0 Å². The summed E-state index contributed by atoms with van der Waals surface area (Å²) in [6.07, 6.45) is 7.67. The van der Waals surface area contributed by atoms with E-state index in [1.165, 1.54) is 36.8 Å². The van der Waals surface area contributed by atoms with Gasteiger partial charge in [0.1, 0.15) is 0 Å². The molecule has 0 saturated carbocycles. The fourth-order valence-electron chi connectivity index (χ4n) is 2.18. The molecule has 0 heterocycles. The van der Waals surface area contributed by atoms with E-state index >= 15 is 0 Å². The van der Waals surface area contributed by atoms with Crippen LogP contribution in [0.4, 0.5) is 0 Å². The first kappa shape index (κ1) is 10.5. The Hall–Kier alpha value is -1.04. The van der Waals surface area contributed by atoms with E-state index in [-0.39, 0.29) is 0 Å². The molecule has 0 saturated heterocycles. The van der Waals surface area contributed by atoms with Gasteiger partial charge in [0.2, 0.25) is 0 Å². The Bertz CT molecular complexity index is 341. The number of rotatable bonds is 2. The van der Waals surface area contributed by atoms with Gasteiger partial charge in [0, 0.05) is 0 Å². The quantitative estimate of drug-likeness (QED) is 0.645. The summed E-state index contributed by atoms with van der Waals surface area (Å²) in [7, 11) is 0. The summed E-state index contributed by atoms with van der Waals surface area (Å²) in [5.41, 5.74) is 4.42. The molecule has 0 radical (unpaired) electrons. The van der Waals surface area contributed by atoms with Crippen molar-refractivity contribution in [3.8, 4) is 0 Å². The smallest absolute Gasteiger partial charge is 0.0219 e. The zero-order valence-electron chi connectivity index (χ0n) is 9.79. The fraction of sp³-hybridized carbons (Fsp3) is 0.467. The summed E-state index contributed by atoms with van der Waals surface area (Å²) in [6.45, 7) is 4.49. The van der Waals surface area contributed by atoms with Crippen molar-refractivity contribution < 1.29 is 0 Å². The molecule has 80 valence electrons. The van der Waals surface area contributed by atoms with Crippen molar-refractivity contribution in [3.05, 3.63) is 41.5 Å². The topological polar surface area (TPSA) is 0 Å². The van der Waals surface area contributed by atoms with E-state index in [2.05, 4.69) is 44.2 Å². The maximum absolute atomic E-state index is 2.41. The SMILES string of the molecule is CC(C)c1ccc(C2=CCCCC2)cc1. The molecule has 0 fully saturated rings. The highest BCUT2D eigenvalue weighted by molar-refractivity contribution is 5.66. The first-order chi connectivity index (χ1) is 7.27. The molecule has 0 atom stereocenters. The van der Waals surface area contributed by atoms with Crippen molar-refractivity contribution in [2.45, 2.75) is 45.4 Å². The van der Waals surface area contributed by atoms with Gasteiger partial charge in [-0.2, -0.15) is 0 Å². The second kappa shape index (κ2) is 4.65. The monoisotopic (exact) mass is 200 g/mol. The van der Waals surface area contributed by atoms with Gasteiger partial charge in [-0.1, -0.05) is 44.2 Å². The third-order valence-electron chi connectivity index (χ3n) is 3.24. The van der Waals surface area contributed by atoms with Crippen LogP contribution in [0.15, 0.2) is 30.3 Å². The normalized spacial score (nSPS) is 16.6. The van der Waals surface area contributed by atoms with Gasteiger partial charge in [-0.3, -0.25) is 0 Å². The molecule has 0 bridgehead atoms. The number of benzene rings is 1. The minimum absolute atomic E-state index is 0.638. The Labute approximate surface area is 93.0 Å². The number of hydrogen-bond acceptors (Lipinski definition) is 0. The van der Waals surface area contributed by atoms with Gasteiger partial charge in [0.15, 0.2) is 0 Å². The predicted molar refractivity (Wildman–Crippen MR) is 67.0 cm³/mol. The lowest BCUT2D eigenvalue weighted by atomic mass is 9.92. The highest BCUT2D eigenvalue weighted by atomic mass is 14.1. The highest BCUT2D eigenvalue weighted by Gasteiger charge is 2.06. The lowest BCUT2D eigenvalue weighted by Gasteiger charge is -2.13. The third-order valence-corrected chi connectivity index (χ3v) is 3.24. The van der Waals surface area contributed by atoms with Gasteiger partial charge in [-0.05, 0) is 48.3 Å². The van der Waals surface area contributed by atoms with Crippen LogP contribution in [-0.2, 0) is 0 Å². The molecule has 0 spiro atoms. The van der Waals surface area contributed by atoms with E-state index in [0.29, 0.717) is 5.92 Å². The van der Waals surface area contributed by atoms with Gasteiger partial charge in [-0.15, -0.1) is 0 Å². The van der Waals surface area contributed by atoms with Gasteiger partial charge in [-0.25, -0.2) is 0 Å². The maximum atomic E-state index is 2.41. The standard InChI is InChI=1S/C15H20/c1-12(2)13-8-10-15(11-9-13)14-6-4-3-5-7-14/h6,8-12H,3-5,7H2,1-2H3. The van der Waals surface area contributed by atoms with E-state index in [1.807, 2.05) is 0 Å². The van der Waals surface area contributed by atoms with Crippen LogP contribution in [-0.4, -0.2) is 0 Å². The molecule has 1 aromatic carbocycles. The second-order valence-corrected chi connectivity index (χ2v) is 4.75. The first-order valence-corrected chi connectivity index (χ1v) is 6.07. The molecular weight excluding hydrogens is 180 g/mol. The molecule has 2 rings (SSSR count). The summed E-state index contributed by atoms with van der Waals surface area (Å²) in [5, 5.41) is 0. The van der Waals surface area contributed by atoms with Crippen LogP contribution in [0, 0.1) is 0 Å². The van der Waals surface area contributed by atoms with Crippen molar-refractivity contribution in [3.63, 3.8) is 0 Å². The van der Waals surface area contributed by atoms with Crippen molar-refractivity contribution in [1.29, 1.82) is 0 Å². The zero-order chi connectivity index (χ0) is 10.7. The molecule has 1 aromatic rings. The van der Waals surface area contributed by atoms with Gasteiger partial charge in [0.25, 0.3) is 0 Å². The third kappa shape index (κ3) is 2.50. The van der Waals surface area contributed by atoms with Crippen LogP contribution < -0.4 is 0 Å². The van der Waals surface area contributed by atoms with Gasteiger partial charge >= 0.3 is 0 Å². The average molecular weight is 200 g/mol. The van der Waals surface area contributed by atoms with E-state index in [1.54, 1.807) is 5.57 Å². The van der Waals surface area contributed by atoms with Crippen LogP contribution >= 0.6 is 0 Å². The average Bonchev–Trinajstić information content (AvgIpc) is 2.30. The molecule has 0 heteroatoms. The molecule has 1 aliphatic rings. The molecule has 0 aliphatic heterocycles. The summed E-state index contributed by atoms with van der Waals surface area (Å²) in [6, 6.07) is 9.11. The molecule has 1 aliphatic carbocycles. The second-order valence-electron chi connectivity index (χ2n) is 4.75. The highest BCUT2D eigenvalue weighted by Crippen LogP contribution is 2.27. The Morgan fingerprint density at radius 2 is 1.73 bits per heavy atom. The Balaban J connectivity index is 2.19. The summed E-state index contributed by atoms with van der Waals surface area (Å²) >= 11 is 0. The fourth-order valence-corrected chi connectivity index (χ4v) is 2.18. The van der Waals surface area contributed by atoms with Crippen molar-refractivity contribution >= 4 is 5.57 Å². The molecule has 0 nitrogen and oxygen atoms in total. The molecule has 15 heavy (non-hydrogen) atoms. The molecular formula is C15H20. The lowest BCUT2D eigenvalue weighted by molar-refractivity contribution is 0.742. The summed E-state index contributed by atoms with van der Waals surface area (Å²) in [4.78, 5) is 0. The molecule has 0 unspecified atom stereocenters. The van der Waals surface area contributed by atoms with Gasteiger partial charge < -0.3 is 0 Å². The van der Waals surface area contributed by atoms with Crippen LogP contribution in [0.5, 0.6) is 0 Å². The van der Waals surface area contributed by atoms with E-state index in [4.69, 9.17) is 0 Å². The Kier molecular flexibility index (Phi) is 3.25. The van der Waals surface area contributed by atoms with Crippen LogP contribution in [0.25, 0.3) is 5.57 Å². The number of allylic oxidation sites excluding steroid dienone is 2. The largest absolute Gasteiger partial charge is 0.0807 e. The minimum Gasteiger partial charge on any atom is -0.0807 e. The van der Waals surface area contributed by atoms with E-state index in [9.17, 15) is 0 Å². The molecule has 0 N–H and O–H groups in total. The van der Waals surface area contributed by atoms with Crippen LogP contribution in [0.3, 0.4) is 0 Å². The zero-order valence-corrected chi connectivity index (χ0v) is 9.79. The Morgan fingerprint density at radius 3 is 2.27 bits per heavy atom. The summed E-state index contributed by atoms with van der Waals surface area (Å²) < 4.78 is 0. The van der Waals surface area contributed by atoms with Crippen LogP contribution in [0.1, 0.15) is 56.6 Å².